The number of β-lactam (4-membered cyclic amide) rings is 1. The highest BCUT2D eigenvalue weighted by molar-refractivity contribution is 8.00. The molecule has 2 atom stereocenters. The van der Waals surface area contributed by atoms with Gasteiger partial charge >= 0.3 is 11.9 Å². The molecule has 0 aromatic carbocycles. The minimum absolute atomic E-state index is 0.0409. The molecule has 2 amide bonds. The number of hydrogen-bond acceptors (Lipinski definition) is 15. The quantitative estimate of drug-likeness (QED) is 0.0902. The molecule has 2 aliphatic heterocycles. The van der Waals surface area contributed by atoms with Crippen molar-refractivity contribution < 1.29 is 38.6 Å². The third kappa shape index (κ3) is 6.36. The van der Waals surface area contributed by atoms with Crippen molar-refractivity contribution in [3.63, 3.8) is 0 Å². The van der Waals surface area contributed by atoms with E-state index in [0.29, 0.717) is 17.0 Å². The summed E-state index contributed by atoms with van der Waals surface area (Å²) in [7, 11) is 1.45. The Morgan fingerprint density at radius 2 is 2.05 bits per heavy atom. The second-order valence-corrected chi connectivity index (χ2v) is 11.8. The van der Waals surface area contributed by atoms with Crippen LogP contribution in [0.5, 0.6) is 5.88 Å². The zero-order valence-electron chi connectivity index (χ0n) is 22.9. The first-order chi connectivity index (χ1) is 20.0. The maximum Gasteiger partial charge on any atom is 0.358 e. The van der Waals surface area contributed by atoms with Crippen LogP contribution in [0, 0.1) is 5.41 Å². The molecule has 2 aromatic heterocycles. The molecular formula is C25H27N7O8S2. The van der Waals surface area contributed by atoms with Crippen molar-refractivity contribution in [1.29, 1.82) is 0 Å². The maximum absolute atomic E-state index is 13.3. The van der Waals surface area contributed by atoms with Gasteiger partial charge < -0.3 is 30.5 Å². The summed E-state index contributed by atoms with van der Waals surface area (Å²) in [6.07, 6.45) is 6.06. The van der Waals surface area contributed by atoms with E-state index in [4.69, 9.17) is 19.9 Å². The number of thiazole rings is 1. The number of esters is 2. The fourth-order valence-corrected chi connectivity index (χ4v) is 5.67. The Labute approximate surface area is 247 Å². The van der Waals surface area contributed by atoms with E-state index in [1.165, 1.54) is 41.7 Å². The number of nitrogens with zero attached hydrogens (tertiary/aromatic N) is 5. The van der Waals surface area contributed by atoms with Crippen molar-refractivity contribution in [3.05, 3.63) is 46.5 Å². The molecule has 2 aromatic rings. The molecule has 0 radical (unpaired) electrons. The second-order valence-electron chi connectivity index (χ2n) is 9.81. The number of nitrogens with one attached hydrogen (secondary N) is 1. The summed E-state index contributed by atoms with van der Waals surface area (Å²) in [6.45, 7) is 4.28. The SMILES string of the molecule is COc1ncncc1/C=C\C1=C(C(=O)OCOC(=O)C(C)(C)C)N2C(=O)[C@@H](NC(=O)/C(=N\O)c3csc(N)n3)[C@H]2SC1. The second kappa shape index (κ2) is 12.6. The molecule has 222 valence electrons. The lowest BCUT2D eigenvalue weighted by molar-refractivity contribution is -0.173. The monoisotopic (exact) mass is 617 g/mol. The highest BCUT2D eigenvalue weighted by atomic mass is 32.2. The molecule has 42 heavy (non-hydrogen) atoms. The van der Waals surface area contributed by atoms with Crippen LogP contribution in [-0.2, 0) is 28.7 Å². The van der Waals surface area contributed by atoms with E-state index in [1.54, 1.807) is 32.9 Å². The number of allylic oxidation sites excluding steroid dienone is 1. The van der Waals surface area contributed by atoms with E-state index in [1.807, 2.05) is 0 Å². The summed E-state index contributed by atoms with van der Waals surface area (Å²) < 4.78 is 15.5. The Kier molecular flexibility index (Phi) is 9.11. The van der Waals surface area contributed by atoms with Crippen molar-refractivity contribution >= 4 is 63.8 Å². The summed E-state index contributed by atoms with van der Waals surface area (Å²) in [6, 6.07) is -1.05. The van der Waals surface area contributed by atoms with Gasteiger partial charge in [0.1, 0.15) is 29.1 Å². The largest absolute Gasteiger partial charge is 0.480 e. The molecule has 0 unspecified atom stereocenters. The maximum atomic E-state index is 13.3. The van der Waals surface area contributed by atoms with Gasteiger partial charge in [0.15, 0.2) is 10.8 Å². The van der Waals surface area contributed by atoms with Crippen LogP contribution in [0.1, 0.15) is 32.0 Å². The smallest absolute Gasteiger partial charge is 0.358 e. The van der Waals surface area contributed by atoms with Gasteiger partial charge in [-0.3, -0.25) is 19.3 Å². The van der Waals surface area contributed by atoms with Gasteiger partial charge in [0.05, 0.1) is 18.1 Å². The average molecular weight is 618 g/mol. The number of thioether (sulfide) groups is 1. The average Bonchev–Trinajstić information content (AvgIpc) is 3.39. The molecule has 1 saturated heterocycles. The number of amides is 2. The van der Waals surface area contributed by atoms with Crippen LogP contribution < -0.4 is 15.8 Å². The number of carbonyl (C=O) groups is 4. The lowest BCUT2D eigenvalue weighted by Crippen LogP contribution is -2.71. The summed E-state index contributed by atoms with van der Waals surface area (Å²) in [5, 5.41) is 15.8. The predicted molar refractivity (Wildman–Crippen MR) is 151 cm³/mol. The van der Waals surface area contributed by atoms with E-state index >= 15 is 0 Å². The molecule has 1 fully saturated rings. The molecule has 0 bridgehead atoms. The van der Waals surface area contributed by atoms with Crippen LogP contribution in [0.15, 0.2) is 40.4 Å². The van der Waals surface area contributed by atoms with Crippen molar-refractivity contribution in [1.82, 2.24) is 25.2 Å². The van der Waals surface area contributed by atoms with Crippen LogP contribution in [0.2, 0.25) is 0 Å². The van der Waals surface area contributed by atoms with Gasteiger partial charge in [-0.05, 0) is 32.4 Å². The number of methoxy groups -OCH3 is 1. The van der Waals surface area contributed by atoms with Gasteiger partial charge in [0.25, 0.3) is 11.8 Å². The standard InChI is InChI=1S/C25H27N7O8S2/c1-25(2,3)23(36)40-11-39-22(35)17-13(6-5-12-7-27-10-28-19(12)38-4)8-41-21-16(20(34)32(17)21)30-18(33)15(31-37)14-9-42-24(26)29-14/h5-7,9-10,16,21,37H,8,11H2,1-4H3,(H2,26,29)(H,30,33)/b6-5-,31-15-/t16-,21-/m1/s1. The molecule has 4 N–H and O–H groups in total. The molecule has 2 aliphatic rings. The number of aromatic nitrogens is 3. The Hall–Kier alpha value is -4.51. The summed E-state index contributed by atoms with van der Waals surface area (Å²) in [5.74, 6) is -2.42. The fourth-order valence-electron chi connectivity index (χ4n) is 3.80. The number of carbonyl (C=O) groups excluding carboxylic acids is 4. The summed E-state index contributed by atoms with van der Waals surface area (Å²) >= 11 is 2.33. The van der Waals surface area contributed by atoms with E-state index in [9.17, 15) is 24.4 Å². The molecule has 0 aliphatic carbocycles. The number of rotatable bonds is 9. The zero-order valence-corrected chi connectivity index (χ0v) is 24.5. The number of nitrogen functional groups attached to an aromatic ring is 1. The number of oxime groups is 1. The van der Waals surface area contributed by atoms with E-state index in [2.05, 4.69) is 25.4 Å². The number of ether oxygens (including phenoxy) is 3. The van der Waals surface area contributed by atoms with Gasteiger partial charge in [0.2, 0.25) is 12.7 Å². The number of anilines is 1. The Balaban J connectivity index is 1.57. The van der Waals surface area contributed by atoms with E-state index in [0.717, 1.165) is 11.3 Å². The van der Waals surface area contributed by atoms with Crippen LogP contribution in [0.4, 0.5) is 5.13 Å². The molecule has 4 heterocycles. The molecule has 0 saturated carbocycles. The normalized spacial score (nSPS) is 18.8. The van der Waals surface area contributed by atoms with E-state index in [-0.39, 0.29) is 22.3 Å². The van der Waals surface area contributed by atoms with Crippen LogP contribution in [0.25, 0.3) is 6.08 Å². The zero-order chi connectivity index (χ0) is 30.6. The number of nitrogens with two attached hydrogens (primary N) is 1. The van der Waals surface area contributed by atoms with Gasteiger partial charge in [0, 0.05) is 17.3 Å². The van der Waals surface area contributed by atoms with Crippen LogP contribution in [-0.4, -0.2) is 85.6 Å². The Morgan fingerprint density at radius 1 is 1.29 bits per heavy atom. The van der Waals surface area contributed by atoms with Gasteiger partial charge in [-0.25, -0.2) is 19.7 Å². The molecule has 15 nitrogen and oxygen atoms in total. The summed E-state index contributed by atoms with van der Waals surface area (Å²) in [5.41, 5.74) is 5.26. The highest BCUT2D eigenvalue weighted by Gasteiger charge is 2.54. The van der Waals surface area contributed by atoms with Crippen LogP contribution >= 0.6 is 23.1 Å². The minimum Gasteiger partial charge on any atom is -0.480 e. The van der Waals surface area contributed by atoms with Crippen molar-refractivity contribution in [2.75, 3.05) is 25.4 Å². The molecule has 0 spiro atoms. The Bertz CT molecular complexity index is 1500. The van der Waals surface area contributed by atoms with Crippen molar-refractivity contribution in [2.24, 2.45) is 10.6 Å². The van der Waals surface area contributed by atoms with Crippen molar-refractivity contribution in [3.8, 4) is 5.88 Å². The summed E-state index contributed by atoms with van der Waals surface area (Å²) in [4.78, 5) is 64.7. The fraction of sp³-hybridized carbons (Fsp3) is 0.360. The topological polar surface area (TPSA) is 209 Å². The first-order valence-corrected chi connectivity index (χ1v) is 14.2. The first-order valence-electron chi connectivity index (χ1n) is 12.2. The van der Waals surface area contributed by atoms with Gasteiger partial charge in [-0.15, -0.1) is 23.1 Å². The first kappa shape index (κ1) is 30.4. The lowest BCUT2D eigenvalue weighted by atomic mass is 9.98. The van der Waals surface area contributed by atoms with Gasteiger partial charge in [-0.2, -0.15) is 0 Å². The third-order valence-electron chi connectivity index (χ3n) is 5.91. The molecule has 4 rings (SSSR count). The minimum atomic E-state index is -1.05. The molecule has 17 heteroatoms. The van der Waals surface area contributed by atoms with Gasteiger partial charge in [-0.1, -0.05) is 11.2 Å². The highest BCUT2D eigenvalue weighted by Crippen LogP contribution is 2.41. The number of hydrogen-bond donors (Lipinski definition) is 3. The van der Waals surface area contributed by atoms with E-state index < -0.39 is 53.1 Å². The predicted octanol–water partition coefficient (Wildman–Crippen LogP) is 1.16. The molecular weight excluding hydrogens is 590 g/mol. The Morgan fingerprint density at radius 3 is 2.69 bits per heavy atom. The number of fused-ring (bicyclic) bond motifs is 1. The van der Waals surface area contributed by atoms with Crippen molar-refractivity contribution in [2.45, 2.75) is 32.2 Å². The third-order valence-corrected chi connectivity index (χ3v) is 7.89. The lowest BCUT2D eigenvalue weighted by Gasteiger charge is -2.49. The van der Waals surface area contributed by atoms with Crippen LogP contribution in [0.3, 0.4) is 0 Å².